The van der Waals surface area contributed by atoms with E-state index in [4.69, 9.17) is 0 Å². The molecule has 2 saturated carbocycles. The molecule has 0 aliphatic heterocycles. The first-order valence-electron chi connectivity index (χ1n) is 13.5. The van der Waals surface area contributed by atoms with Gasteiger partial charge in [-0.2, -0.15) is 11.3 Å². The summed E-state index contributed by atoms with van der Waals surface area (Å²) < 4.78 is 2.83. The average molecular weight is 701 g/mol. The topological polar surface area (TPSA) is 25.8 Å². The van der Waals surface area contributed by atoms with E-state index in [9.17, 15) is 0 Å². The molecule has 4 heteroatoms. The normalized spacial score (nSPS) is 19.4. The molecule has 0 amide bonds. The predicted molar refractivity (Wildman–Crippen MR) is 158 cm³/mol. The third-order valence-electron chi connectivity index (χ3n) is 8.34. The summed E-state index contributed by atoms with van der Waals surface area (Å²) >= 11 is 1.96. The molecule has 2 bridgehead atoms. The van der Waals surface area contributed by atoms with Crippen molar-refractivity contribution in [3.8, 4) is 22.5 Å². The van der Waals surface area contributed by atoms with Gasteiger partial charge in [0.15, 0.2) is 0 Å². The van der Waals surface area contributed by atoms with Gasteiger partial charge in [0.1, 0.15) is 0 Å². The molecule has 0 atom stereocenters. The first-order valence-corrected chi connectivity index (χ1v) is 14.3. The number of pyridine rings is 2. The molecule has 2 fully saturated rings. The van der Waals surface area contributed by atoms with Crippen molar-refractivity contribution in [3.05, 3.63) is 121 Å². The van der Waals surface area contributed by atoms with Gasteiger partial charge in [-0.3, -0.25) is 0 Å². The van der Waals surface area contributed by atoms with Gasteiger partial charge in [-0.05, 0) is 82.6 Å². The van der Waals surface area contributed by atoms with E-state index in [-0.39, 0.29) is 20.1 Å². The maximum absolute atomic E-state index is 4.58. The monoisotopic (exact) mass is 701 g/mol. The Morgan fingerprint density at radius 2 is 1.44 bits per heavy atom. The maximum atomic E-state index is 4.58. The van der Waals surface area contributed by atoms with Crippen LogP contribution in [-0.2, 0) is 25.5 Å². The van der Waals surface area contributed by atoms with Crippen LogP contribution in [0.25, 0.3) is 42.7 Å². The molecule has 3 aromatic carbocycles. The van der Waals surface area contributed by atoms with E-state index in [0.29, 0.717) is 5.41 Å². The van der Waals surface area contributed by atoms with Crippen molar-refractivity contribution in [3.63, 3.8) is 0 Å². The zero-order chi connectivity index (χ0) is 25.4. The number of aromatic nitrogens is 2. The molecule has 0 N–H and O–H groups in total. The maximum Gasteiger partial charge on any atom is 0.0277 e. The molecule has 1 radical (unpaired) electrons. The van der Waals surface area contributed by atoms with E-state index in [1.165, 1.54) is 52.3 Å². The second kappa shape index (κ2) is 11.1. The van der Waals surface area contributed by atoms with Gasteiger partial charge >= 0.3 is 0 Å². The van der Waals surface area contributed by atoms with E-state index in [1.807, 2.05) is 66.1 Å². The van der Waals surface area contributed by atoms with Crippen LogP contribution in [0.15, 0.2) is 103 Å². The van der Waals surface area contributed by atoms with Gasteiger partial charge in [-0.15, -0.1) is 59.7 Å². The molecule has 3 heterocycles. The summed E-state index contributed by atoms with van der Waals surface area (Å²) in [6.45, 7) is 0. The van der Waals surface area contributed by atoms with Crippen LogP contribution in [0.1, 0.15) is 37.7 Å². The van der Waals surface area contributed by atoms with Crippen molar-refractivity contribution in [1.82, 2.24) is 9.97 Å². The van der Waals surface area contributed by atoms with Crippen LogP contribution in [0.5, 0.6) is 0 Å². The van der Waals surface area contributed by atoms with Crippen molar-refractivity contribution in [1.29, 1.82) is 0 Å². The number of fused-ring (bicyclic) bond motifs is 5. The summed E-state index contributed by atoms with van der Waals surface area (Å²) in [6, 6.07) is 37.7. The smallest absolute Gasteiger partial charge is 0.0277 e. The molecule has 2 aliphatic carbocycles. The third-order valence-corrected chi connectivity index (χ3v) is 9.61. The largest absolute Gasteiger partial charge is 0.305 e. The summed E-state index contributed by atoms with van der Waals surface area (Å²) in [5.41, 5.74) is 6.23. The Labute approximate surface area is 247 Å². The minimum Gasteiger partial charge on any atom is -0.305 e. The zero-order valence-electron chi connectivity index (χ0n) is 21.6. The quantitative estimate of drug-likeness (QED) is 0.172. The van der Waals surface area contributed by atoms with Gasteiger partial charge in [0.2, 0.25) is 0 Å². The number of hydrogen-bond donors (Lipinski definition) is 0. The van der Waals surface area contributed by atoms with Crippen LogP contribution in [0.2, 0.25) is 0 Å². The first kappa shape index (κ1) is 26.1. The Morgan fingerprint density at radius 1 is 0.692 bits per heavy atom. The number of thiophene rings is 1. The number of hydrogen-bond acceptors (Lipinski definition) is 3. The van der Waals surface area contributed by atoms with Crippen molar-refractivity contribution in [2.45, 2.75) is 37.5 Å². The van der Waals surface area contributed by atoms with Crippen molar-refractivity contribution in [2.75, 3.05) is 0 Å². The first-order chi connectivity index (χ1) is 18.8. The Balaban J connectivity index is 0.000000180. The van der Waals surface area contributed by atoms with Gasteiger partial charge in [0.05, 0.1) is 0 Å². The summed E-state index contributed by atoms with van der Waals surface area (Å²) in [5.74, 6) is 0.969. The molecule has 8 rings (SSSR count). The van der Waals surface area contributed by atoms with Crippen LogP contribution < -0.4 is 0 Å². The summed E-state index contributed by atoms with van der Waals surface area (Å²) in [7, 11) is 0. The van der Waals surface area contributed by atoms with Gasteiger partial charge in [0, 0.05) is 37.2 Å². The number of rotatable bonds is 3. The average Bonchev–Trinajstić information content (AvgIpc) is 3.72. The van der Waals surface area contributed by atoms with E-state index in [0.717, 1.165) is 28.4 Å². The van der Waals surface area contributed by atoms with Crippen molar-refractivity contribution >= 4 is 31.5 Å². The van der Waals surface area contributed by atoms with Gasteiger partial charge < -0.3 is 9.97 Å². The van der Waals surface area contributed by atoms with Crippen molar-refractivity contribution in [2.24, 2.45) is 5.92 Å². The van der Waals surface area contributed by atoms with Gasteiger partial charge in [-0.25, -0.2) is 0 Å². The minimum atomic E-state index is 0. The molecular formula is C35H28IrN2S-2. The van der Waals surface area contributed by atoms with Crippen LogP contribution in [0.4, 0.5) is 0 Å². The summed E-state index contributed by atoms with van der Waals surface area (Å²) in [6.07, 6.45) is 10.7. The Hall–Kier alpha value is -3.17. The fourth-order valence-electron chi connectivity index (χ4n) is 6.53. The Bertz CT molecular complexity index is 1650. The van der Waals surface area contributed by atoms with Crippen LogP contribution in [-0.4, -0.2) is 9.97 Å². The van der Waals surface area contributed by atoms with Crippen LogP contribution in [0.3, 0.4) is 0 Å². The molecule has 0 unspecified atom stereocenters. The summed E-state index contributed by atoms with van der Waals surface area (Å²) in [4.78, 5) is 8.80. The van der Waals surface area contributed by atoms with Crippen molar-refractivity contribution < 1.29 is 20.1 Å². The van der Waals surface area contributed by atoms with E-state index >= 15 is 0 Å². The molecule has 39 heavy (non-hydrogen) atoms. The van der Waals surface area contributed by atoms with Gasteiger partial charge in [0.25, 0.3) is 0 Å². The third kappa shape index (κ3) is 4.87. The summed E-state index contributed by atoms with van der Waals surface area (Å²) in [5, 5.41) is 2.77. The SMILES string of the molecule is [Ir].[c-]1ccc2c(sc3c(C45CCC(CC4)C5)cccc32)c1-c1ccccn1.[c-]1ccccc1-c1ccccn1. The van der Waals surface area contributed by atoms with E-state index in [2.05, 4.69) is 64.6 Å². The fraction of sp³-hybridized carbons (Fsp3) is 0.200. The predicted octanol–water partition coefficient (Wildman–Crippen LogP) is 9.29. The Morgan fingerprint density at radius 3 is 2.10 bits per heavy atom. The number of nitrogens with zero attached hydrogens (tertiary/aromatic N) is 2. The molecular weight excluding hydrogens is 673 g/mol. The molecule has 2 nitrogen and oxygen atoms in total. The second-order valence-corrected chi connectivity index (χ2v) is 11.5. The van der Waals surface area contributed by atoms with Gasteiger partial charge in [-0.1, -0.05) is 47.9 Å². The number of benzene rings is 3. The standard InChI is InChI=1S/C24H20NS.C11H8N.Ir/c1-2-14-25-21(9-1)19-7-3-5-17-18-6-4-8-20(23(18)26-22(17)19)24-12-10-16(15-24)11-13-24;1-2-6-10(7-3-1)11-8-4-5-9-12-11;/h1-6,8-9,14,16H,10-13,15H2;1-6,8-9H;/q2*-1;. The minimum absolute atomic E-state index is 0. The molecule has 195 valence electrons. The van der Waals surface area contributed by atoms with E-state index in [1.54, 1.807) is 11.8 Å². The molecule has 6 aromatic rings. The molecule has 0 spiro atoms. The molecule has 3 aromatic heterocycles. The van der Waals surface area contributed by atoms with Crippen LogP contribution in [0, 0.1) is 18.1 Å². The zero-order valence-corrected chi connectivity index (χ0v) is 24.8. The van der Waals surface area contributed by atoms with E-state index < -0.39 is 0 Å². The second-order valence-electron chi connectivity index (χ2n) is 10.5. The van der Waals surface area contributed by atoms with Crippen LogP contribution >= 0.6 is 11.3 Å². The molecule has 0 saturated heterocycles. The Kier molecular flexibility index (Phi) is 7.44. The molecule has 2 aliphatic rings. The fourth-order valence-corrected chi connectivity index (χ4v) is 7.97.